The van der Waals surface area contributed by atoms with Gasteiger partial charge in [-0.05, 0) is 25.1 Å². The van der Waals surface area contributed by atoms with Crippen LogP contribution in [0.25, 0.3) is 11.3 Å². The Morgan fingerprint density at radius 2 is 1.69 bits per heavy atom. The van der Waals surface area contributed by atoms with E-state index < -0.39 is 0 Å². The van der Waals surface area contributed by atoms with E-state index in [1.807, 2.05) is 53.4 Å². The Labute approximate surface area is 182 Å². The van der Waals surface area contributed by atoms with Gasteiger partial charge in [0.15, 0.2) is 11.5 Å². The molecule has 152 valence electrons. The number of benzene rings is 2. The van der Waals surface area contributed by atoms with E-state index in [0.717, 1.165) is 31.8 Å². The first-order chi connectivity index (χ1) is 14.0. The summed E-state index contributed by atoms with van der Waals surface area (Å²) in [4.78, 5) is 5.17. The van der Waals surface area contributed by atoms with E-state index in [1.165, 1.54) is 11.3 Å². The Kier molecular flexibility index (Phi) is 6.76. The molecule has 29 heavy (non-hydrogen) atoms. The van der Waals surface area contributed by atoms with Crippen molar-refractivity contribution in [3.8, 4) is 28.5 Å². The zero-order valence-corrected chi connectivity index (χ0v) is 19.3. The van der Waals surface area contributed by atoms with E-state index in [4.69, 9.17) is 19.3 Å². The van der Waals surface area contributed by atoms with Crippen molar-refractivity contribution in [2.45, 2.75) is 6.92 Å². The smallest absolute Gasteiger partial charge is 0.205 e. The average Bonchev–Trinajstić information content (AvgIpc) is 3.14. The summed E-state index contributed by atoms with van der Waals surface area (Å²) in [6.07, 6.45) is 0. The Morgan fingerprint density at radius 3 is 2.24 bits per heavy atom. The van der Waals surface area contributed by atoms with Crippen LogP contribution in [0.5, 0.6) is 17.2 Å². The fraction of sp³-hybridized carbons (Fsp3) is 0.238. The van der Waals surface area contributed by atoms with Crippen molar-refractivity contribution in [3.05, 3.63) is 56.6 Å². The van der Waals surface area contributed by atoms with Gasteiger partial charge in [-0.2, -0.15) is 5.10 Å². The number of nitrogens with zero attached hydrogens (tertiary/aromatic N) is 3. The third-order valence-corrected chi connectivity index (χ3v) is 5.96. The zero-order valence-electron chi connectivity index (χ0n) is 16.9. The first kappa shape index (κ1) is 21.1. The van der Waals surface area contributed by atoms with Crippen LogP contribution < -0.4 is 19.0 Å². The van der Waals surface area contributed by atoms with Crippen LogP contribution in [0, 0.1) is 0 Å². The summed E-state index contributed by atoms with van der Waals surface area (Å²) in [5.41, 5.74) is 3.64. The van der Waals surface area contributed by atoms with Gasteiger partial charge in [0, 0.05) is 28.0 Å². The molecule has 0 saturated carbocycles. The lowest BCUT2D eigenvalue weighted by Gasteiger charge is -2.14. The van der Waals surface area contributed by atoms with Gasteiger partial charge in [0.25, 0.3) is 0 Å². The Bertz CT molecular complexity index is 1090. The highest BCUT2D eigenvalue weighted by Gasteiger charge is 2.16. The number of rotatable bonds is 6. The summed E-state index contributed by atoms with van der Waals surface area (Å²) in [5.74, 6) is 1.71. The zero-order chi connectivity index (χ0) is 21.0. The maximum atomic E-state index is 5.47. The molecule has 0 saturated heterocycles. The number of aromatic nitrogens is 1. The summed E-state index contributed by atoms with van der Waals surface area (Å²) in [6.45, 7) is 1.94. The Morgan fingerprint density at radius 1 is 1.03 bits per heavy atom. The second kappa shape index (κ2) is 9.28. The van der Waals surface area contributed by atoms with Crippen molar-refractivity contribution >= 4 is 33.0 Å². The van der Waals surface area contributed by atoms with E-state index in [1.54, 1.807) is 28.4 Å². The van der Waals surface area contributed by atoms with Crippen molar-refractivity contribution in [2.24, 2.45) is 10.1 Å². The van der Waals surface area contributed by atoms with E-state index >= 15 is 0 Å². The van der Waals surface area contributed by atoms with E-state index in [-0.39, 0.29) is 0 Å². The summed E-state index contributed by atoms with van der Waals surface area (Å²) in [6, 6.07) is 11.8. The van der Waals surface area contributed by atoms with Gasteiger partial charge in [-0.3, -0.25) is 4.99 Å². The topological polar surface area (TPSA) is 57.3 Å². The summed E-state index contributed by atoms with van der Waals surface area (Å²) >= 11 is 5.17. The van der Waals surface area contributed by atoms with Gasteiger partial charge in [0.1, 0.15) is 0 Å². The number of hydrogen-bond donors (Lipinski definition) is 0. The maximum Gasteiger partial charge on any atom is 0.205 e. The molecule has 0 aliphatic heterocycles. The predicted molar refractivity (Wildman–Crippen MR) is 121 cm³/mol. The van der Waals surface area contributed by atoms with Crippen molar-refractivity contribution in [1.82, 2.24) is 4.68 Å². The molecule has 8 heteroatoms. The second-order valence-electron chi connectivity index (χ2n) is 6.02. The van der Waals surface area contributed by atoms with Crippen LogP contribution in [0.15, 0.2) is 56.3 Å². The molecule has 6 nitrogen and oxygen atoms in total. The molecule has 0 spiro atoms. The minimum absolute atomic E-state index is 0.549. The van der Waals surface area contributed by atoms with Crippen LogP contribution in [-0.4, -0.2) is 38.8 Å². The van der Waals surface area contributed by atoms with Crippen molar-refractivity contribution in [2.75, 3.05) is 28.4 Å². The van der Waals surface area contributed by atoms with E-state index in [2.05, 4.69) is 20.9 Å². The molecule has 0 aliphatic rings. The summed E-state index contributed by atoms with van der Waals surface area (Å²) < 4.78 is 19.2. The van der Waals surface area contributed by atoms with Crippen molar-refractivity contribution < 1.29 is 14.2 Å². The molecule has 3 aromatic rings. The average molecular weight is 476 g/mol. The molecule has 0 N–H and O–H groups in total. The lowest BCUT2D eigenvalue weighted by Crippen LogP contribution is -2.14. The van der Waals surface area contributed by atoms with Gasteiger partial charge >= 0.3 is 0 Å². The molecule has 3 rings (SSSR count). The molecular formula is C21H22BrN3O3S. The molecule has 0 aliphatic carbocycles. The predicted octanol–water partition coefficient (Wildman–Crippen LogP) is 4.81. The molecule has 0 fully saturated rings. The molecule has 0 bridgehead atoms. The Balaban J connectivity index is 2.17. The number of halogens is 1. The lowest BCUT2D eigenvalue weighted by atomic mass is 10.1. The Hall–Kier alpha value is -2.58. The number of ether oxygens (including phenoxy) is 3. The highest BCUT2D eigenvalue weighted by atomic mass is 79.9. The van der Waals surface area contributed by atoms with Crippen molar-refractivity contribution in [3.63, 3.8) is 0 Å². The van der Waals surface area contributed by atoms with Gasteiger partial charge in [0.2, 0.25) is 10.6 Å². The van der Waals surface area contributed by atoms with Crippen LogP contribution in [0.2, 0.25) is 0 Å². The molecule has 1 heterocycles. The van der Waals surface area contributed by atoms with Crippen LogP contribution in [0.3, 0.4) is 0 Å². The molecule has 0 unspecified atom stereocenters. The monoisotopic (exact) mass is 475 g/mol. The van der Waals surface area contributed by atoms with Gasteiger partial charge in [-0.1, -0.05) is 34.1 Å². The third kappa shape index (κ3) is 4.23. The van der Waals surface area contributed by atoms with Crippen LogP contribution in [0.4, 0.5) is 0 Å². The fourth-order valence-electron chi connectivity index (χ4n) is 2.90. The first-order valence-electron chi connectivity index (χ1n) is 8.78. The molecule has 0 atom stereocenters. The highest BCUT2D eigenvalue weighted by molar-refractivity contribution is 9.10. The van der Waals surface area contributed by atoms with E-state index in [0.29, 0.717) is 17.2 Å². The normalized spacial score (nSPS) is 12.2. The van der Waals surface area contributed by atoms with Gasteiger partial charge < -0.3 is 14.2 Å². The molecule has 2 aromatic carbocycles. The molecule has 1 aromatic heterocycles. The third-order valence-electron chi connectivity index (χ3n) is 4.36. The maximum absolute atomic E-state index is 5.47. The first-order valence-corrected chi connectivity index (χ1v) is 10.5. The van der Waals surface area contributed by atoms with Crippen LogP contribution in [-0.2, 0) is 0 Å². The van der Waals surface area contributed by atoms with E-state index in [9.17, 15) is 0 Å². The standard InChI is InChI=1S/C21H22BrN3O3S/c1-13(14-10-18(26-3)20(28-5)19(11-14)27-4)24-25-17(12-29-21(25)23-2)15-8-6-7-9-16(15)22/h6-12H,1-5H3. The second-order valence-corrected chi connectivity index (χ2v) is 7.71. The fourth-order valence-corrected chi connectivity index (χ4v) is 4.18. The van der Waals surface area contributed by atoms with Gasteiger partial charge in [-0.25, -0.2) is 4.68 Å². The number of thiazole rings is 1. The van der Waals surface area contributed by atoms with Gasteiger partial charge in [0.05, 0.1) is 32.7 Å². The quantitative estimate of drug-likeness (QED) is 0.480. The lowest BCUT2D eigenvalue weighted by molar-refractivity contribution is 0.324. The van der Waals surface area contributed by atoms with Crippen molar-refractivity contribution in [1.29, 1.82) is 0 Å². The van der Waals surface area contributed by atoms with Crippen LogP contribution in [0.1, 0.15) is 12.5 Å². The summed E-state index contributed by atoms with van der Waals surface area (Å²) in [7, 11) is 6.54. The minimum Gasteiger partial charge on any atom is -0.493 e. The minimum atomic E-state index is 0.549. The van der Waals surface area contributed by atoms with Crippen LogP contribution >= 0.6 is 27.3 Å². The van der Waals surface area contributed by atoms with Gasteiger partial charge in [-0.15, -0.1) is 11.3 Å². The molecule has 0 radical (unpaired) electrons. The number of hydrogen-bond acceptors (Lipinski definition) is 6. The highest BCUT2D eigenvalue weighted by Crippen LogP contribution is 2.38. The SMILES string of the molecule is CN=c1scc(-c2ccccc2Br)n1N=C(C)c1cc(OC)c(OC)c(OC)c1. The molecular weight excluding hydrogens is 454 g/mol. The largest absolute Gasteiger partial charge is 0.493 e. The summed E-state index contributed by atoms with van der Waals surface area (Å²) in [5, 5.41) is 6.91. The molecule has 0 amide bonds. The number of methoxy groups -OCH3 is 3.